The standard InChI is InChI=1S/C20H28BNO4/c1-19(2)20(3,4)26-21(25-19)18-8-7-17(23-6)11-16(18)13-22(5)12-15-9-10-24-14-15/h7-11,14H,12-13H2,1-6H3. The number of nitrogens with zero attached hydrogens (tertiary/aromatic N) is 1. The van der Waals surface area contributed by atoms with Crippen molar-refractivity contribution in [1.29, 1.82) is 0 Å². The van der Waals surface area contributed by atoms with Crippen LogP contribution in [0.1, 0.15) is 38.8 Å². The number of ether oxygens (including phenoxy) is 1. The van der Waals surface area contributed by atoms with E-state index in [0.29, 0.717) is 0 Å². The van der Waals surface area contributed by atoms with Crippen molar-refractivity contribution >= 4 is 12.6 Å². The number of hydrogen-bond donors (Lipinski definition) is 0. The van der Waals surface area contributed by atoms with E-state index in [1.165, 1.54) is 0 Å². The molecule has 2 heterocycles. The zero-order valence-corrected chi connectivity index (χ0v) is 16.5. The summed E-state index contributed by atoms with van der Waals surface area (Å²) < 4.78 is 23.1. The summed E-state index contributed by atoms with van der Waals surface area (Å²) in [5.74, 6) is 0.831. The number of rotatable bonds is 6. The van der Waals surface area contributed by atoms with Crippen LogP contribution in [-0.2, 0) is 22.4 Å². The zero-order valence-electron chi connectivity index (χ0n) is 16.5. The molecule has 3 rings (SSSR count). The van der Waals surface area contributed by atoms with Gasteiger partial charge in [0.25, 0.3) is 0 Å². The average molecular weight is 357 g/mol. The van der Waals surface area contributed by atoms with Crippen molar-refractivity contribution in [2.24, 2.45) is 0 Å². The predicted molar refractivity (Wildman–Crippen MR) is 103 cm³/mol. The number of furan rings is 1. The number of hydrogen-bond acceptors (Lipinski definition) is 5. The second kappa shape index (κ2) is 7.10. The van der Waals surface area contributed by atoms with E-state index in [-0.39, 0.29) is 18.3 Å². The lowest BCUT2D eigenvalue weighted by atomic mass is 9.75. The number of methoxy groups -OCH3 is 1. The van der Waals surface area contributed by atoms with Gasteiger partial charge in [0.2, 0.25) is 0 Å². The van der Waals surface area contributed by atoms with Crippen LogP contribution in [0.3, 0.4) is 0 Å². The first-order valence-corrected chi connectivity index (χ1v) is 8.94. The van der Waals surface area contributed by atoms with E-state index in [1.807, 2.05) is 18.2 Å². The quantitative estimate of drug-likeness (QED) is 0.743. The van der Waals surface area contributed by atoms with Gasteiger partial charge in [-0.15, -0.1) is 0 Å². The van der Waals surface area contributed by atoms with Gasteiger partial charge >= 0.3 is 7.12 Å². The molecule has 0 radical (unpaired) electrons. The lowest BCUT2D eigenvalue weighted by molar-refractivity contribution is 0.00578. The van der Waals surface area contributed by atoms with Gasteiger partial charge in [0.1, 0.15) is 5.75 Å². The van der Waals surface area contributed by atoms with E-state index in [2.05, 4.69) is 45.7 Å². The van der Waals surface area contributed by atoms with Crippen LogP contribution in [0.4, 0.5) is 0 Å². The lowest BCUT2D eigenvalue weighted by Crippen LogP contribution is -2.41. The molecular weight excluding hydrogens is 329 g/mol. The Morgan fingerprint density at radius 1 is 1.04 bits per heavy atom. The Bertz CT molecular complexity index is 726. The Morgan fingerprint density at radius 2 is 1.73 bits per heavy atom. The van der Waals surface area contributed by atoms with Crippen LogP contribution < -0.4 is 10.2 Å². The van der Waals surface area contributed by atoms with Gasteiger partial charge in [0, 0.05) is 18.7 Å². The molecule has 140 valence electrons. The lowest BCUT2D eigenvalue weighted by Gasteiger charge is -2.32. The van der Waals surface area contributed by atoms with Crippen molar-refractivity contribution in [3.8, 4) is 5.75 Å². The fourth-order valence-electron chi connectivity index (χ4n) is 3.09. The highest BCUT2D eigenvalue weighted by Gasteiger charge is 2.52. The third-order valence-corrected chi connectivity index (χ3v) is 5.33. The Morgan fingerprint density at radius 3 is 2.31 bits per heavy atom. The van der Waals surface area contributed by atoms with Crippen LogP contribution in [0.25, 0.3) is 0 Å². The summed E-state index contributed by atoms with van der Waals surface area (Å²) in [6.07, 6.45) is 3.47. The first-order valence-electron chi connectivity index (χ1n) is 8.94. The van der Waals surface area contributed by atoms with E-state index < -0.39 is 0 Å². The van der Waals surface area contributed by atoms with Crippen LogP contribution in [-0.4, -0.2) is 37.4 Å². The van der Waals surface area contributed by atoms with E-state index >= 15 is 0 Å². The molecule has 1 saturated heterocycles. The molecule has 1 aliphatic rings. The Hall–Kier alpha value is -1.76. The molecule has 0 unspecified atom stereocenters. The van der Waals surface area contributed by atoms with Crippen LogP contribution in [0.5, 0.6) is 5.75 Å². The molecule has 2 aromatic rings. The highest BCUT2D eigenvalue weighted by atomic mass is 16.7. The number of benzene rings is 1. The van der Waals surface area contributed by atoms with Crippen molar-refractivity contribution in [3.05, 3.63) is 47.9 Å². The molecule has 0 atom stereocenters. The van der Waals surface area contributed by atoms with E-state index in [9.17, 15) is 0 Å². The van der Waals surface area contributed by atoms with Gasteiger partial charge in [-0.1, -0.05) is 6.07 Å². The smallest absolute Gasteiger partial charge is 0.495 e. The summed E-state index contributed by atoms with van der Waals surface area (Å²) >= 11 is 0. The zero-order chi connectivity index (χ0) is 18.9. The second-order valence-electron chi connectivity index (χ2n) is 7.96. The molecule has 0 N–H and O–H groups in total. The van der Waals surface area contributed by atoms with Crippen LogP contribution in [0, 0.1) is 0 Å². The van der Waals surface area contributed by atoms with Crippen molar-refractivity contribution in [2.45, 2.75) is 52.0 Å². The van der Waals surface area contributed by atoms with Gasteiger partial charge in [0.15, 0.2) is 0 Å². The fraction of sp³-hybridized carbons (Fsp3) is 0.500. The van der Waals surface area contributed by atoms with Crippen molar-refractivity contribution in [2.75, 3.05) is 14.2 Å². The molecule has 0 amide bonds. The van der Waals surface area contributed by atoms with Crippen molar-refractivity contribution in [3.63, 3.8) is 0 Å². The second-order valence-corrected chi connectivity index (χ2v) is 7.96. The highest BCUT2D eigenvalue weighted by Crippen LogP contribution is 2.37. The molecule has 0 spiro atoms. The first kappa shape index (κ1) is 19.0. The van der Waals surface area contributed by atoms with Gasteiger partial charge < -0.3 is 18.5 Å². The van der Waals surface area contributed by atoms with Crippen LogP contribution in [0.2, 0.25) is 0 Å². The first-order chi connectivity index (χ1) is 12.2. The van der Waals surface area contributed by atoms with Gasteiger partial charge in [-0.3, -0.25) is 4.90 Å². The average Bonchev–Trinajstić information content (AvgIpc) is 3.13. The molecule has 1 aromatic carbocycles. The van der Waals surface area contributed by atoms with Gasteiger partial charge in [-0.2, -0.15) is 0 Å². The largest absolute Gasteiger partial charge is 0.497 e. The van der Waals surface area contributed by atoms with Crippen molar-refractivity contribution in [1.82, 2.24) is 4.90 Å². The monoisotopic (exact) mass is 357 g/mol. The molecule has 1 fully saturated rings. The maximum absolute atomic E-state index is 6.26. The third-order valence-electron chi connectivity index (χ3n) is 5.33. The van der Waals surface area contributed by atoms with Gasteiger partial charge in [-0.05, 0) is 64.0 Å². The molecule has 26 heavy (non-hydrogen) atoms. The molecule has 0 saturated carbocycles. The Labute approximate surface area is 156 Å². The van der Waals surface area contributed by atoms with Crippen molar-refractivity contribution < 1.29 is 18.5 Å². The normalized spacial score (nSPS) is 18.5. The maximum atomic E-state index is 6.26. The summed E-state index contributed by atoms with van der Waals surface area (Å²) in [5, 5.41) is 0. The van der Waals surface area contributed by atoms with E-state index in [4.69, 9.17) is 18.5 Å². The minimum Gasteiger partial charge on any atom is -0.497 e. The van der Waals surface area contributed by atoms with E-state index in [1.54, 1.807) is 19.6 Å². The Balaban J connectivity index is 1.84. The van der Waals surface area contributed by atoms with Gasteiger partial charge in [-0.25, -0.2) is 0 Å². The third kappa shape index (κ3) is 3.82. The van der Waals surface area contributed by atoms with Gasteiger partial charge in [0.05, 0.1) is 30.8 Å². The summed E-state index contributed by atoms with van der Waals surface area (Å²) in [5.41, 5.74) is 2.60. The molecular formula is C20H28BNO4. The minimum atomic E-state index is -0.386. The summed E-state index contributed by atoms with van der Waals surface area (Å²) in [4.78, 5) is 2.23. The SMILES string of the molecule is COc1ccc(B2OC(C)(C)C(C)(C)O2)c(CN(C)Cc2ccoc2)c1. The molecule has 1 aromatic heterocycles. The fourth-order valence-corrected chi connectivity index (χ4v) is 3.09. The maximum Gasteiger partial charge on any atom is 0.495 e. The Kier molecular flexibility index (Phi) is 5.19. The molecule has 5 nitrogen and oxygen atoms in total. The topological polar surface area (TPSA) is 44.1 Å². The summed E-state index contributed by atoms with van der Waals surface area (Å²) in [6.45, 7) is 9.84. The summed E-state index contributed by atoms with van der Waals surface area (Å²) in [6, 6.07) is 8.05. The minimum absolute atomic E-state index is 0.364. The molecule has 1 aliphatic heterocycles. The predicted octanol–water partition coefficient (Wildman–Crippen LogP) is 3.22. The highest BCUT2D eigenvalue weighted by molar-refractivity contribution is 6.62. The summed E-state index contributed by atoms with van der Waals surface area (Å²) in [7, 11) is 3.38. The van der Waals surface area contributed by atoms with Crippen LogP contribution >= 0.6 is 0 Å². The van der Waals surface area contributed by atoms with E-state index in [0.717, 1.165) is 35.4 Å². The molecule has 0 bridgehead atoms. The molecule has 0 aliphatic carbocycles. The molecule has 6 heteroatoms. The van der Waals surface area contributed by atoms with Crippen LogP contribution in [0.15, 0.2) is 41.2 Å².